The minimum Gasteiger partial charge on any atom is -0.486 e. The van der Waals surface area contributed by atoms with Crippen molar-refractivity contribution in [2.24, 2.45) is 7.05 Å². The number of aromatic nitrogens is 3. The number of hydrogen-bond donors (Lipinski definition) is 0. The highest BCUT2D eigenvalue weighted by molar-refractivity contribution is 9.10. The molecular weight excluding hydrogens is 393 g/mol. The van der Waals surface area contributed by atoms with Gasteiger partial charge in [-0.05, 0) is 18.2 Å². The summed E-state index contributed by atoms with van der Waals surface area (Å²) < 4.78 is 22.4. The Balaban J connectivity index is 1.66. The number of likely N-dealkylation sites (tertiary alicyclic amines) is 1. The van der Waals surface area contributed by atoms with E-state index in [-0.39, 0.29) is 18.1 Å². The normalized spacial score (nSPS) is 20.2. The van der Waals surface area contributed by atoms with Crippen molar-refractivity contribution in [3.05, 3.63) is 40.1 Å². The van der Waals surface area contributed by atoms with Crippen molar-refractivity contribution < 1.29 is 13.9 Å². The molecule has 1 amide bonds. The molecule has 0 spiro atoms. The van der Waals surface area contributed by atoms with Gasteiger partial charge < -0.3 is 9.64 Å². The number of nitrogens with zero attached hydrogens (tertiary/aromatic N) is 5. The number of ether oxygens (including phenoxy) is 1. The molecule has 0 N–H and O–H groups in total. The van der Waals surface area contributed by atoms with E-state index in [9.17, 15) is 9.18 Å². The van der Waals surface area contributed by atoms with Crippen LogP contribution in [0.1, 0.15) is 22.5 Å². The van der Waals surface area contributed by atoms with E-state index in [0.717, 1.165) is 4.47 Å². The topological polar surface area (TPSA) is 84.0 Å². The molecular formula is C16H15BrFN5O2. The molecule has 1 aliphatic rings. The second-order valence-corrected chi connectivity index (χ2v) is 6.66. The third kappa shape index (κ3) is 3.79. The molecule has 1 saturated heterocycles. The SMILES string of the molecule is Cn1cc(C(=O)N2CC[C@H](Oc3ccc(Br)cc3C#N)[C@@H](F)C2)nn1. The lowest BCUT2D eigenvalue weighted by Gasteiger charge is -2.34. The Morgan fingerprint density at radius 3 is 2.96 bits per heavy atom. The number of rotatable bonds is 3. The lowest BCUT2D eigenvalue weighted by Crippen LogP contribution is -2.49. The maximum absolute atomic E-state index is 14.5. The van der Waals surface area contributed by atoms with Crippen molar-refractivity contribution in [2.75, 3.05) is 13.1 Å². The van der Waals surface area contributed by atoms with Crippen LogP contribution in [0, 0.1) is 11.3 Å². The molecule has 1 aliphatic heterocycles. The van der Waals surface area contributed by atoms with Crippen molar-refractivity contribution in [3.63, 3.8) is 0 Å². The molecule has 0 saturated carbocycles. The lowest BCUT2D eigenvalue weighted by molar-refractivity contribution is 0.0198. The second-order valence-electron chi connectivity index (χ2n) is 5.74. The third-order valence-electron chi connectivity index (χ3n) is 3.93. The Kier molecular flexibility index (Phi) is 4.99. The summed E-state index contributed by atoms with van der Waals surface area (Å²) in [6, 6.07) is 7.02. The molecule has 1 aromatic carbocycles. The molecule has 2 heterocycles. The Morgan fingerprint density at radius 2 is 2.32 bits per heavy atom. The standard InChI is InChI=1S/C16H15BrFN5O2/c1-22-9-13(20-21-22)16(24)23-5-4-15(12(18)8-23)25-14-3-2-11(17)6-10(14)7-19/h2-3,6,9,12,15H,4-5,8H2,1H3/t12-,15-/m0/s1. The van der Waals surface area contributed by atoms with E-state index in [2.05, 4.69) is 26.2 Å². The largest absolute Gasteiger partial charge is 0.486 e. The average Bonchev–Trinajstić information content (AvgIpc) is 3.03. The highest BCUT2D eigenvalue weighted by Gasteiger charge is 2.34. The van der Waals surface area contributed by atoms with Crippen LogP contribution >= 0.6 is 15.9 Å². The van der Waals surface area contributed by atoms with Crippen LogP contribution in [0.3, 0.4) is 0 Å². The van der Waals surface area contributed by atoms with E-state index in [1.165, 1.54) is 15.8 Å². The van der Waals surface area contributed by atoms with Crippen LogP contribution in [0.2, 0.25) is 0 Å². The van der Waals surface area contributed by atoms with Gasteiger partial charge in [-0.2, -0.15) is 5.26 Å². The number of carbonyl (C=O) groups excluding carboxylic acids is 1. The number of carbonyl (C=O) groups is 1. The Morgan fingerprint density at radius 1 is 1.52 bits per heavy atom. The summed E-state index contributed by atoms with van der Waals surface area (Å²) in [7, 11) is 1.66. The fourth-order valence-electron chi connectivity index (χ4n) is 2.66. The summed E-state index contributed by atoms with van der Waals surface area (Å²) in [5.41, 5.74) is 0.522. The third-order valence-corrected chi connectivity index (χ3v) is 4.42. The monoisotopic (exact) mass is 407 g/mol. The van der Waals surface area contributed by atoms with Crippen LogP contribution < -0.4 is 4.74 Å². The van der Waals surface area contributed by atoms with Crippen molar-refractivity contribution in [2.45, 2.75) is 18.7 Å². The first-order valence-corrected chi connectivity index (χ1v) is 8.43. The zero-order chi connectivity index (χ0) is 18.0. The van der Waals surface area contributed by atoms with Crippen LogP contribution in [-0.4, -0.2) is 51.2 Å². The molecule has 0 aliphatic carbocycles. The Hall–Kier alpha value is -2.47. The number of hydrogen-bond acceptors (Lipinski definition) is 5. The van der Waals surface area contributed by atoms with E-state index in [0.29, 0.717) is 24.3 Å². The van der Waals surface area contributed by atoms with Gasteiger partial charge in [0.2, 0.25) is 0 Å². The zero-order valence-electron chi connectivity index (χ0n) is 13.4. The summed E-state index contributed by atoms with van der Waals surface area (Å²) in [5, 5.41) is 16.6. The maximum Gasteiger partial charge on any atom is 0.276 e. The summed E-state index contributed by atoms with van der Waals surface area (Å²) in [4.78, 5) is 13.7. The molecule has 7 nitrogen and oxygen atoms in total. The van der Waals surface area contributed by atoms with Gasteiger partial charge in [0.1, 0.15) is 17.9 Å². The summed E-state index contributed by atoms with van der Waals surface area (Å²) >= 11 is 3.28. The molecule has 0 radical (unpaired) electrons. The van der Waals surface area contributed by atoms with Gasteiger partial charge >= 0.3 is 0 Å². The van der Waals surface area contributed by atoms with Crippen LogP contribution in [-0.2, 0) is 7.05 Å². The van der Waals surface area contributed by atoms with Crippen LogP contribution in [0.4, 0.5) is 4.39 Å². The van der Waals surface area contributed by atoms with Crippen LogP contribution in [0.25, 0.3) is 0 Å². The second kappa shape index (κ2) is 7.19. The van der Waals surface area contributed by atoms with Gasteiger partial charge in [-0.25, -0.2) is 4.39 Å². The van der Waals surface area contributed by atoms with Crippen LogP contribution in [0.5, 0.6) is 5.75 Å². The smallest absolute Gasteiger partial charge is 0.276 e. The minimum atomic E-state index is -1.36. The highest BCUT2D eigenvalue weighted by Crippen LogP contribution is 2.27. The molecule has 1 aromatic heterocycles. The van der Waals surface area contributed by atoms with Crippen molar-refractivity contribution in [1.82, 2.24) is 19.9 Å². The van der Waals surface area contributed by atoms with Gasteiger partial charge in [0, 0.05) is 24.5 Å². The maximum atomic E-state index is 14.5. The fraction of sp³-hybridized carbons (Fsp3) is 0.375. The number of halogens is 2. The summed E-state index contributed by atoms with van der Waals surface area (Å²) in [5.74, 6) is -0.0115. The first kappa shape index (κ1) is 17.4. The van der Waals surface area contributed by atoms with E-state index >= 15 is 0 Å². The van der Waals surface area contributed by atoms with Gasteiger partial charge in [-0.1, -0.05) is 21.1 Å². The van der Waals surface area contributed by atoms with Crippen molar-refractivity contribution in [1.29, 1.82) is 5.26 Å². The van der Waals surface area contributed by atoms with Gasteiger partial charge in [-0.3, -0.25) is 9.48 Å². The molecule has 130 valence electrons. The number of benzene rings is 1. The predicted octanol–water partition coefficient (Wildman–Crippen LogP) is 2.08. The summed E-state index contributed by atoms with van der Waals surface area (Å²) in [6.45, 7) is 0.261. The van der Waals surface area contributed by atoms with Gasteiger partial charge in [0.15, 0.2) is 11.9 Å². The number of amides is 1. The Bertz CT molecular complexity index is 834. The minimum absolute atomic E-state index is 0.0848. The molecule has 2 aromatic rings. The molecule has 2 atom stereocenters. The zero-order valence-corrected chi connectivity index (χ0v) is 15.0. The number of aryl methyl sites for hydroxylation is 1. The number of alkyl halides is 1. The molecule has 0 bridgehead atoms. The van der Waals surface area contributed by atoms with Crippen molar-refractivity contribution >= 4 is 21.8 Å². The number of piperidine rings is 1. The molecule has 3 rings (SSSR count). The number of nitriles is 1. The van der Waals surface area contributed by atoms with E-state index in [1.54, 1.807) is 25.2 Å². The summed E-state index contributed by atoms with van der Waals surface area (Å²) in [6.07, 6.45) is -0.239. The predicted molar refractivity (Wildman–Crippen MR) is 89.7 cm³/mol. The van der Waals surface area contributed by atoms with Gasteiger partial charge in [0.25, 0.3) is 5.91 Å². The lowest BCUT2D eigenvalue weighted by atomic mass is 10.1. The highest BCUT2D eigenvalue weighted by atomic mass is 79.9. The van der Waals surface area contributed by atoms with E-state index < -0.39 is 12.3 Å². The fourth-order valence-corrected chi connectivity index (χ4v) is 3.02. The van der Waals surface area contributed by atoms with E-state index in [4.69, 9.17) is 10.00 Å². The quantitative estimate of drug-likeness (QED) is 0.777. The molecule has 9 heteroatoms. The Labute approximate surface area is 152 Å². The van der Waals surface area contributed by atoms with E-state index in [1.807, 2.05) is 6.07 Å². The van der Waals surface area contributed by atoms with Gasteiger partial charge in [-0.15, -0.1) is 5.10 Å². The molecule has 25 heavy (non-hydrogen) atoms. The average molecular weight is 408 g/mol. The first-order chi connectivity index (χ1) is 12.0. The van der Waals surface area contributed by atoms with Gasteiger partial charge in [0.05, 0.1) is 18.3 Å². The molecule has 1 fully saturated rings. The van der Waals surface area contributed by atoms with Crippen molar-refractivity contribution in [3.8, 4) is 11.8 Å². The van der Waals surface area contributed by atoms with Crippen LogP contribution in [0.15, 0.2) is 28.9 Å². The molecule has 0 unspecified atom stereocenters. The first-order valence-electron chi connectivity index (χ1n) is 7.64.